The lowest BCUT2D eigenvalue weighted by Crippen LogP contribution is -2.29. The van der Waals surface area contributed by atoms with Gasteiger partial charge in [0.1, 0.15) is 11.5 Å². The van der Waals surface area contributed by atoms with E-state index in [4.69, 9.17) is 0 Å². The van der Waals surface area contributed by atoms with Crippen molar-refractivity contribution in [2.24, 2.45) is 0 Å². The quantitative estimate of drug-likeness (QED) is 0.539. The maximum atomic E-state index is 13.2. The molecular weight excluding hydrogens is 367 g/mol. The van der Waals surface area contributed by atoms with Gasteiger partial charge in [0.15, 0.2) is 0 Å². The molecular formula is C23H19FN4O. The lowest BCUT2D eigenvalue weighted by molar-refractivity contribution is 0.0931. The fraction of sp³-hybridized carbons (Fsp3) is 0.130. The van der Waals surface area contributed by atoms with Crippen LogP contribution in [-0.4, -0.2) is 20.9 Å². The monoisotopic (exact) mass is 386 g/mol. The number of hydrogen-bond donors (Lipinski definition) is 1. The summed E-state index contributed by atoms with van der Waals surface area (Å²) in [5.74, 6) is -0.592. The number of benzene rings is 1. The SMILES string of the molecule is CC[C@@H](NC(=O)c1cc(-c2cccnc2)c2cnccc2n1)c1ccc(F)cc1. The van der Waals surface area contributed by atoms with Crippen LogP contribution in [0, 0.1) is 5.82 Å². The lowest BCUT2D eigenvalue weighted by atomic mass is 10.0. The zero-order valence-corrected chi connectivity index (χ0v) is 15.8. The normalized spacial score (nSPS) is 11.9. The van der Waals surface area contributed by atoms with E-state index in [9.17, 15) is 9.18 Å². The molecule has 4 aromatic rings. The Hall–Kier alpha value is -3.67. The maximum Gasteiger partial charge on any atom is 0.270 e. The largest absolute Gasteiger partial charge is 0.344 e. The molecule has 0 bridgehead atoms. The Morgan fingerprint density at radius 1 is 1.07 bits per heavy atom. The summed E-state index contributed by atoms with van der Waals surface area (Å²) in [6, 6.07) is 13.2. The summed E-state index contributed by atoms with van der Waals surface area (Å²) in [6.45, 7) is 1.97. The summed E-state index contributed by atoms with van der Waals surface area (Å²) < 4.78 is 13.2. The van der Waals surface area contributed by atoms with E-state index in [0.717, 1.165) is 22.1 Å². The van der Waals surface area contributed by atoms with Gasteiger partial charge in [0.25, 0.3) is 5.91 Å². The van der Waals surface area contributed by atoms with Gasteiger partial charge in [-0.1, -0.05) is 25.1 Å². The molecule has 3 heterocycles. The molecule has 4 rings (SSSR count). The number of halogens is 1. The van der Waals surface area contributed by atoms with E-state index < -0.39 is 0 Å². The molecule has 0 saturated carbocycles. The van der Waals surface area contributed by atoms with E-state index in [1.807, 2.05) is 19.1 Å². The molecule has 3 aromatic heterocycles. The van der Waals surface area contributed by atoms with Crippen LogP contribution in [0.3, 0.4) is 0 Å². The number of hydrogen-bond acceptors (Lipinski definition) is 4. The average molecular weight is 386 g/mol. The predicted molar refractivity (Wildman–Crippen MR) is 110 cm³/mol. The lowest BCUT2D eigenvalue weighted by Gasteiger charge is -2.18. The molecule has 1 N–H and O–H groups in total. The number of carbonyl (C=O) groups is 1. The van der Waals surface area contributed by atoms with Gasteiger partial charge in [-0.15, -0.1) is 0 Å². The van der Waals surface area contributed by atoms with Gasteiger partial charge in [-0.3, -0.25) is 14.8 Å². The zero-order valence-electron chi connectivity index (χ0n) is 15.8. The van der Waals surface area contributed by atoms with E-state index in [-0.39, 0.29) is 17.8 Å². The molecule has 6 heteroatoms. The number of fused-ring (bicyclic) bond motifs is 1. The van der Waals surface area contributed by atoms with Crippen molar-refractivity contribution in [2.75, 3.05) is 0 Å². The second-order valence-electron chi connectivity index (χ2n) is 6.68. The summed E-state index contributed by atoms with van der Waals surface area (Å²) in [5, 5.41) is 3.86. The number of pyridine rings is 3. The number of nitrogens with one attached hydrogen (secondary N) is 1. The molecule has 144 valence electrons. The number of nitrogens with zero attached hydrogens (tertiary/aromatic N) is 3. The predicted octanol–water partition coefficient (Wildman–Crippen LogP) is 4.71. The van der Waals surface area contributed by atoms with Gasteiger partial charge >= 0.3 is 0 Å². The molecule has 0 radical (unpaired) electrons. The third kappa shape index (κ3) is 3.96. The molecule has 1 atom stereocenters. The van der Waals surface area contributed by atoms with Crippen LogP contribution in [0.15, 0.2) is 73.3 Å². The van der Waals surface area contributed by atoms with Crippen molar-refractivity contribution < 1.29 is 9.18 Å². The Morgan fingerprint density at radius 3 is 2.59 bits per heavy atom. The highest BCUT2D eigenvalue weighted by molar-refractivity contribution is 6.01. The van der Waals surface area contributed by atoms with E-state index in [0.29, 0.717) is 17.6 Å². The van der Waals surface area contributed by atoms with Crippen molar-refractivity contribution >= 4 is 16.8 Å². The molecule has 29 heavy (non-hydrogen) atoms. The number of carbonyl (C=O) groups excluding carboxylic acids is 1. The topological polar surface area (TPSA) is 67.8 Å². The van der Waals surface area contributed by atoms with Crippen molar-refractivity contribution in [1.29, 1.82) is 0 Å². The van der Waals surface area contributed by atoms with E-state index in [1.165, 1.54) is 12.1 Å². The van der Waals surface area contributed by atoms with Crippen LogP contribution in [0.2, 0.25) is 0 Å². The summed E-state index contributed by atoms with van der Waals surface area (Å²) in [5.41, 5.74) is 3.56. The minimum atomic E-state index is -0.305. The van der Waals surface area contributed by atoms with E-state index in [2.05, 4.69) is 20.3 Å². The Labute approximate surface area is 167 Å². The molecule has 0 unspecified atom stereocenters. The molecule has 0 aliphatic carbocycles. The highest BCUT2D eigenvalue weighted by Crippen LogP contribution is 2.28. The minimum absolute atomic E-state index is 0.236. The van der Waals surface area contributed by atoms with Crippen molar-refractivity contribution in [3.05, 3.63) is 90.4 Å². The van der Waals surface area contributed by atoms with Crippen molar-refractivity contribution in [2.45, 2.75) is 19.4 Å². The maximum absolute atomic E-state index is 13.2. The first-order valence-electron chi connectivity index (χ1n) is 9.37. The Morgan fingerprint density at radius 2 is 1.86 bits per heavy atom. The van der Waals surface area contributed by atoms with Crippen LogP contribution < -0.4 is 5.32 Å². The standard InChI is InChI=1S/C23H19FN4O/c1-2-20(15-5-7-17(24)8-6-15)28-23(29)22-12-18(16-4-3-10-25-13-16)19-14-26-11-9-21(19)27-22/h3-14,20H,2H2,1H3,(H,28,29)/t20-/m1/s1. The Kier molecular flexibility index (Phi) is 5.24. The van der Waals surface area contributed by atoms with E-state index >= 15 is 0 Å². The molecule has 0 spiro atoms. The number of amides is 1. The fourth-order valence-electron chi connectivity index (χ4n) is 3.29. The van der Waals surface area contributed by atoms with Gasteiger partial charge in [0.2, 0.25) is 0 Å². The second kappa shape index (κ2) is 8.14. The van der Waals surface area contributed by atoms with Crippen LogP contribution in [0.4, 0.5) is 4.39 Å². The molecule has 5 nitrogen and oxygen atoms in total. The second-order valence-corrected chi connectivity index (χ2v) is 6.68. The van der Waals surface area contributed by atoms with Crippen molar-refractivity contribution in [1.82, 2.24) is 20.3 Å². The first kappa shape index (κ1) is 18.7. The molecule has 1 aromatic carbocycles. The highest BCUT2D eigenvalue weighted by Gasteiger charge is 2.18. The summed E-state index contributed by atoms with van der Waals surface area (Å²) in [6.07, 6.45) is 7.51. The third-order valence-corrected chi connectivity index (χ3v) is 4.80. The molecule has 1 amide bonds. The molecule has 0 saturated heterocycles. The minimum Gasteiger partial charge on any atom is -0.344 e. The Balaban J connectivity index is 1.71. The molecule has 0 aliphatic rings. The van der Waals surface area contributed by atoms with Crippen LogP contribution in [0.25, 0.3) is 22.0 Å². The van der Waals surface area contributed by atoms with Crippen molar-refractivity contribution in [3.8, 4) is 11.1 Å². The van der Waals surface area contributed by atoms with Gasteiger partial charge in [0, 0.05) is 35.7 Å². The van der Waals surface area contributed by atoms with Gasteiger partial charge in [-0.05, 0) is 47.9 Å². The van der Waals surface area contributed by atoms with Crippen LogP contribution >= 0.6 is 0 Å². The number of aromatic nitrogens is 3. The van der Waals surface area contributed by atoms with Crippen molar-refractivity contribution in [3.63, 3.8) is 0 Å². The average Bonchev–Trinajstić information content (AvgIpc) is 2.78. The molecule has 0 aliphatic heterocycles. The smallest absolute Gasteiger partial charge is 0.270 e. The summed E-state index contributed by atoms with van der Waals surface area (Å²) in [7, 11) is 0. The van der Waals surface area contributed by atoms with Gasteiger partial charge in [0.05, 0.1) is 11.6 Å². The Bertz CT molecular complexity index is 1150. The van der Waals surface area contributed by atoms with Gasteiger partial charge in [-0.2, -0.15) is 0 Å². The van der Waals surface area contributed by atoms with Crippen LogP contribution in [0.5, 0.6) is 0 Å². The fourth-order valence-corrected chi connectivity index (χ4v) is 3.29. The first-order valence-corrected chi connectivity index (χ1v) is 9.37. The third-order valence-electron chi connectivity index (χ3n) is 4.80. The first-order chi connectivity index (χ1) is 14.2. The zero-order chi connectivity index (χ0) is 20.2. The van der Waals surface area contributed by atoms with Gasteiger partial charge < -0.3 is 5.32 Å². The van der Waals surface area contributed by atoms with E-state index in [1.54, 1.807) is 49.1 Å². The van der Waals surface area contributed by atoms with Gasteiger partial charge in [-0.25, -0.2) is 9.37 Å². The molecule has 0 fully saturated rings. The number of rotatable bonds is 5. The summed E-state index contributed by atoms with van der Waals surface area (Å²) >= 11 is 0. The van der Waals surface area contributed by atoms with Crippen LogP contribution in [-0.2, 0) is 0 Å². The highest BCUT2D eigenvalue weighted by atomic mass is 19.1. The summed E-state index contributed by atoms with van der Waals surface area (Å²) in [4.78, 5) is 25.9. The van der Waals surface area contributed by atoms with Crippen LogP contribution in [0.1, 0.15) is 35.4 Å².